The zero-order valence-corrected chi connectivity index (χ0v) is 9.49. The van der Waals surface area contributed by atoms with Crippen LogP contribution in [0.4, 0.5) is 4.39 Å². The summed E-state index contributed by atoms with van der Waals surface area (Å²) in [5.74, 6) is -0.302. The van der Waals surface area contributed by atoms with E-state index in [2.05, 4.69) is 25.1 Å². The van der Waals surface area contributed by atoms with Crippen LogP contribution in [0.1, 0.15) is 0 Å². The number of aromatic nitrogens is 5. The summed E-state index contributed by atoms with van der Waals surface area (Å²) in [7, 11) is 0. The van der Waals surface area contributed by atoms with Gasteiger partial charge in [0.25, 0.3) is 0 Å². The first kappa shape index (κ1) is 10.1. The normalized spacial score (nSPS) is 11.4. The predicted octanol–water partition coefficient (Wildman–Crippen LogP) is 2.10. The first-order chi connectivity index (χ1) is 9.31. The third-order valence-corrected chi connectivity index (χ3v) is 2.83. The third-order valence-electron chi connectivity index (χ3n) is 2.83. The number of benzene rings is 2. The van der Waals surface area contributed by atoms with Gasteiger partial charge in [-0.25, -0.2) is 9.02 Å². The van der Waals surface area contributed by atoms with Crippen molar-refractivity contribution in [2.45, 2.75) is 0 Å². The van der Waals surface area contributed by atoms with E-state index in [-0.39, 0.29) is 5.82 Å². The Morgan fingerprint density at radius 2 is 1.63 bits per heavy atom. The van der Waals surface area contributed by atoms with E-state index >= 15 is 0 Å². The van der Waals surface area contributed by atoms with Crippen LogP contribution in [-0.2, 0) is 0 Å². The van der Waals surface area contributed by atoms with Crippen LogP contribution < -0.4 is 0 Å². The van der Waals surface area contributed by atoms with Crippen molar-refractivity contribution in [3.8, 4) is 5.69 Å². The van der Waals surface area contributed by atoms with Crippen molar-refractivity contribution in [2.75, 3.05) is 0 Å². The fourth-order valence-electron chi connectivity index (χ4n) is 1.92. The summed E-state index contributed by atoms with van der Waals surface area (Å²) in [5, 5.41) is 16.2. The molecule has 4 aromatic rings. The van der Waals surface area contributed by atoms with Crippen molar-refractivity contribution >= 4 is 22.1 Å². The molecule has 92 valence electrons. The van der Waals surface area contributed by atoms with E-state index in [1.165, 1.54) is 16.9 Å². The fourth-order valence-corrected chi connectivity index (χ4v) is 1.92. The molecular formula is C12H6FN5O. The molecule has 2 heterocycles. The maximum absolute atomic E-state index is 12.9. The van der Waals surface area contributed by atoms with Gasteiger partial charge in [0.1, 0.15) is 22.4 Å². The Morgan fingerprint density at radius 3 is 2.47 bits per heavy atom. The van der Waals surface area contributed by atoms with E-state index in [9.17, 15) is 4.39 Å². The summed E-state index contributed by atoms with van der Waals surface area (Å²) in [6, 6.07) is 9.47. The molecule has 0 spiro atoms. The van der Waals surface area contributed by atoms with E-state index in [0.717, 1.165) is 0 Å². The second-order valence-electron chi connectivity index (χ2n) is 4.03. The molecule has 4 rings (SSSR count). The number of halogens is 1. The standard InChI is InChI=1S/C12H6FN5O/c13-7-1-3-8(4-2-7)18-14-9-5-6-10-12(11(9)15-18)17-19-16-10/h1-6H. The summed E-state index contributed by atoms with van der Waals surface area (Å²) < 4.78 is 17.6. The maximum atomic E-state index is 12.9. The van der Waals surface area contributed by atoms with Crippen LogP contribution in [0.3, 0.4) is 0 Å². The second kappa shape index (κ2) is 3.58. The van der Waals surface area contributed by atoms with E-state index in [4.69, 9.17) is 0 Å². The Morgan fingerprint density at radius 1 is 0.842 bits per heavy atom. The van der Waals surface area contributed by atoms with Crippen molar-refractivity contribution in [1.82, 2.24) is 25.3 Å². The SMILES string of the molecule is Fc1ccc(-n2nc3ccc4nonc4c3n2)cc1. The highest BCUT2D eigenvalue weighted by Crippen LogP contribution is 2.20. The zero-order chi connectivity index (χ0) is 12.8. The van der Waals surface area contributed by atoms with Crippen LogP contribution in [0.5, 0.6) is 0 Å². The van der Waals surface area contributed by atoms with E-state index < -0.39 is 0 Å². The minimum Gasteiger partial charge on any atom is -0.243 e. The van der Waals surface area contributed by atoms with Crippen molar-refractivity contribution in [2.24, 2.45) is 0 Å². The molecule has 2 aromatic heterocycles. The summed E-state index contributed by atoms with van der Waals surface area (Å²) in [4.78, 5) is 1.43. The molecule has 19 heavy (non-hydrogen) atoms. The van der Waals surface area contributed by atoms with Crippen LogP contribution in [0, 0.1) is 5.82 Å². The Hall–Kier alpha value is -2.83. The fraction of sp³-hybridized carbons (Fsp3) is 0. The maximum Gasteiger partial charge on any atom is 0.164 e. The first-order valence-corrected chi connectivity index (χ1v) is 5.55. The Labute approximate surface area is 105 Å². The topological polar surface area (TPSA) is 69.6 Å². The van der Waals surface area contributed by atoms with Crippen LogP contribution in [0.25, 0.3) is 27.8 Å². The van der Waals surface area contributed by atoms with Gasteiger partial charge in [-0.2, -0.15) is 4.80 Å². The lowest BCUT2D eigenvalue weighted by Crippen LogP contribution is -1.98. The van der Waals surface area contributed by atoms with Gasteiger partial charge in [-0.3, -0.25) is 0 Å². The first-order valence-electron chi connectivity index (χ1n) is 5.55. The molecule has 0 atom stereocenters. The lowest BCUT2D eigenvalue weighted by molar-refractivity contribution is 0.315. The molecule has 0 bridgehead atoms. The third kappa shape index (κ3) is 1.48. The van der Waals surface area contributed by atoms with Gasteiger partial charge < -0.3 is 0 Å². The summed E-state index contributed by atoms with van der Waals surface area (Å²) >= 11 is 0. The monoisotopic (exact) mass is 255 g/mol. The second-order valence-corrected chi connectivity index (χ2v) is 4.03. The highest BCUT2D eigenvalue weighted by molar-refractivity contribution is 5.98. The van der Waals surface area contributed by atoms with Crippen molar-refractivity contribution < 1.29 is 9.02 Å². The highest BCUT2D eigenvalue weighted by atomic mass is 19.1. The molecule has 0 aliphatic rings. The van der Waals surface area contributed by atoms with Gasteiger partial charge in [0.2, 0.25) is 0 Å². The smallest absolute Gasteiger partial charge is 0.164 e. The molecular weight excluding hydrogens is 249 g/mol. The number of hydrogen-bond donors (Lipinski definition) is 0. The highest BCUT2D eigenvalue weighted by Gasteiger charge is 2.11. The minimum absolute atomic E-state index is 0.302. The van der Waals surface area contributed by atoms with Gasteiger partial charge in [-0.15, -0.1) is 10.2 Å². The van der Waals surface area contributed by atoms with Crippen LogP contribution in [0.15, 0.2) is 41.0 Å². The molecule has 7 heteroatoms. The van der Waals surface area contributed by atoms with Crippen molar-refractivity contribution in [3.63, 3.8) is 0 Å². The minimum atomic E-state index is -0.302. The number of hydrogen-bond acceptors (Lipinski definition) is 5. The quantitative estimate of drug-likeness (QED) is 0.521. The molecule has 6 nitrogen and oxygen atoms in total. The van der Waals surface area contributed by atoms with Gasteiger partial charge in [0.05, 0.1) is 5.69 Å². The average Bonchev–Trinajstić information content (AvgIpc) is 3.04. The van der Waals surface area contributed by atoms with Gasteiger partial charge in [-0.1, -0.05) is 0 Å². The molecule has 0 unspecified atom stereocenters. The zero-order valence-electron chi connectivity index (χ0n) is 9.49. The lowest BCUT2D eigenvalue weighted by atomic mass is 10.3. The molecule has 0 saturated heterocycles. The summed E-state index contributed by atoms with van der Waals surface area (Å²) in [5.41, 5.74) is 3.13. The molecule has 0 amide bonds. The average molecular weight is 255 g/mol. The van der Waals surface area contributed by atoms with Crippen LogP contribution in [0.2, 0.25) is 0 Å². The summed E-state index contributed by atoms with van der Waals surface area (Å²) in [6.45, 7) is 0. The summed E-state index contributed by atoms with van der Waals surface area (Å²) in [6.07, 6.45) is 0. The molecule has 0 saturated carbocycles. The predicted molar refractivity (Wildman–Crippen MR) is 64.2 cm³/mol. The molecule has 0 aliphatic carbocycles. The number of fused-ring (bicyclic) bond motifs is 3. The van der Waals surface area contributed by atoms with Crippen molar-refractivity contribution in [3.05, 3.63) is 42.2 Å². The molecule has 2 aromatic carbocycles. The molecule has 0 fully saturated rings. The Bertz CT molecular complexity index is 880. The van der Waals surface area contributed by atoms with Gasteiger partial charge in [0, 0.05) is 0 Å². The Kier molecular flexibility index (Phi) is 1.91. The van der Waals surface area contributed by atoms with Crippen LogP contribution >= 0.6 is 0 Å². The number of rotatable bonds is 1. The Balaban J connectivity index is 1.98. The number of nitrogens with zero attached hydrogens (tertiary/aromatic N) is 5. The van der Waals surface area contributed by atoms with Crippen LogP contribution in [-0.4, -0.2) is 25.3 Å². The molecule has 0 N–H and O–H groups in total. The lowest BCUT2D eigenvalue weighted by Gasteiger charge is -1.97. The largest absolute Gasteiger partial charge is 0.243 e. The van der Waals surface area contributed by atoms with E-state index in [0.29, 0.717) is 27.8 Å². The van der Waals surface area contributed by atoms with Gasteiger partial charge in [-0.05, 0) is 46.7 Å². The van der Waals surface area contributed by atoms with Gasteiger partial charge >= 0.3 is 0 Å². The van der Waals surface area contributed by atoms with E-state index in [1.807, 2.05) is 0 Å². The molecule has 0 aliphatic heterocycles. The van der Waals surface area contributed by atoms with E-state index in [1.54, 1.807) is 24.3 Å². The molecule has 0 radical (unpaired) electrons. The van der Waals surface area contributed by atoms with Crippen molar-refractivity contribution in [1.29, 1.82) is 0 Å². The van der Waals surface area contributed by atoms with Gasteiger partial charge in [0.15, 0.2) is 5.52 Å².